The molecule has 3 heteroatoms. The second-order valence-corrected chi connectivity index (χ2v) is 2.06. The summed E-state index contributed by atoms with van der Waals surface area (Å²) >= 11 is 0. The summed E-state index contributed by atoms with van der Waals surface area (Å²) in [5.41, 5.74) is 0. The van der Waals surface area contributed by atoms with Crippen LogP contribution in [0.5, 0.6) is 0 Å². The van der Waals surface area contributed by atoms with E-state index in [2.05, 4.69) is 4.74 Å². The minimum atomic E-state index is -0.860. The first-order valence-corrected chi connectivity index (χ1v) is 3.75. The third kappa shape index (κ3) is 4.53. The predicted octanol–water partition coefficient (Wildman–Crippen LogP) is 2.20. The molecule has 0 heterocycles. The summed E-state index contributed by atoms with van der Waals surface area (Å²) in [5.74, 6) is -1.64. The Morgan fingerprint density at radius 3 is 2.64 bits per heavy atom. The number of hydrogen-bond acceptors (Lipinski definition) is 2. The van der Waals surface area contributed by atoms with Crippen LogP contribution in [0.3, 0.4) is 0 Å². The largest absolute Gasteiger partial charge is 0.461 e. The third-order valence-corrected chi connectivity index (χ3v) is 1.08. The zero-order valence-electron chi connectivity index (χ0n) is 6.89. The first kappa shape index (κ1) is 10.1. The van der Waals surface area contributed by atoms with Gasteiger partial charge < -0.3 is 4.74 Å². The maximum Gasteiger partial charge on any atom is 0.366 e. The van der Waals surface area contributed by atoms with Crippen molar-refractivity contribution in [3.63, 3.8) is 0 Å². The average molecular weight is 160 g/mol. The van der Waals surface area contributed by atoms with Crippen molar-refractivity contribution in [2.24, 2.45) is 0 Å². The van der Waals surface area contributed by atoms with Crippen LogP contribution >= 0.6 is 0 Å². The van der Waals surface area contributed by atoms with Crippen LogP contribution in [0.4, 0.5) is 4.39 Å². The Hall–Kier alpha value is -0.860. The molecule has 0 spiro atoms. The van der Waals surface area contributed by atoms with Crippen molar-refractivity contribution in [3.05, 3.63) is 11.9 Å². The fourth-order valence-electron chi connectivity index (χ4n) is 0.554. The molecule has 0 unspecified atom stereocenters. The lowest BCUT2D eigenvalue weighted by Crippen LogP contribution is -2.03. The van der Waals surface area contributed by atoms with E-state index in [4.69, 9.17) is 0 Å². The Kier molecular flexibility index (Phi) is 5.43. The van der Waals surface area contributed by atoms with Gasteiger partial charge in [-0.05, 0) is 19.4 Å². The van der Waals surface area contributed by atoms with E-state index in [0.29, 0.717) is 6.42 Å². The van der Waals surface area contributed by atoms with Crippen molar-refractivity contribution >= 4 is 5.97 Å². The number of unbranched alkanes of at least 4 members (excludes halogenated alkanes) is 1. The van der Waals surface area contributed by atoms with Gasteiger partial charge in [0.05, 0.1) is 6.61 Å². The van der Waals surface area contributed by atoms with Gasteiger partial charge in [-0.1, -0.05) is 13.3 Å². The van der Waals surface area contributed by atoms with Crippen LogP contribution in [-0.4, -0.2) is 12.6 Å². The Morgan fingerprint density at radius 2 is 2.18 bits per heavy atom. The molecule has 0 amide bonds. The summed E-state index contributed by atoms with van der Waals surface area (Å²) in [5, 5.41) is 0. The van der Waals surface area contributed by atoms with Crippen molar-refractivity contribution in [1.82, 2.24) is 0 Å². The molecule has 0 aromatic rings. The zero-order valence-corrected chi connectivity index (χ0v) is 6.89. The lowest BCUT2D eigenvalue weighted by atomic mass is 10.3. The average Bonchev–Trinajstić information content (AvgIpc) is 2.00. The molecule has 0 N–H and O–H groups in total. The maximum absolute atomic E-state index is 12.6. The molecular formula is C8H13FO2. The van der Waals surface area contributed by atoms with E-state index in [9.17, 15) is 9.18 Å². The fraction of sp³-hybridized carbons (Fsp3) is 0.625. The van der Waals surface area contributed by atoms with Gasteiger partial charge in [0.1, 0.15) is 0 Å². The van der Waals surface area contributed by atoms with Crippen LogP contribution in [0, 0.1) is 0 Å². The van der Waals surface area contributed by atoms with Gasteiger partial charge in [0.2, 0.25) is 5.83 Å². The summed E-state index contributed by atoms with van der Waals surface area (Å²) in [6.07, 6.45) is 2.65. The van der Waals surface area contributed by atoms with E-state index in [1.54, 1.807) is 6.92 Å². The number of carbonyl (C=O) groups excluding carboxylic acids is 1. The zero-order chi connectivity index (χ0) is 8.69. The molecule has 0 aliphatic carbocycles. The van der Waals surface area contributed by atoms with Crippen LogP contribution in [0.2, 0.25) is 0 Å². The molecule has 0 saturated carbocycles. The SMILES string of the molecule is CCC/C=C(\F)C(=O)OCC. The van der Waals surface area contributed by atoms with Gasteiger partial charge in [0.15, 0.2) is 0 Å². The molecular weight excluding hydrogens is 147 g/mol. The molecule has 0 saturated heterocycles. The van der Waals surface area contributed by atoms with Gasteiger partial charge in [0.25, 0.3) is 0 Å². The highest BCUT2D eigenvalue weighted by Crippen LogP contribution is 2.02. The number of carbonyl (C=O) groups is 1. The number of esters is 1. The molecule has 0 fully saturated rings. The normalized spacial score (nSPS) is 11.4. The first-order chi connectivity index (χ1) is 5.22. The summed E-state index contributed by atoms with van der Waals surface area (Å²) < 4.78 is 17.0. The third-order valence-electron chi connectivity index (χ3n) is 1.08. The van der Waals surface area contributed by atoms with E-state index in [0.717, 1.165) is 6.42 Å². The first-order valence-electron chi connectivity index (χ1n) is 3.75. The van der Waals surface area contributed by atoms with Crippen LogP contribution in [0.1, 0.15) is 26.7 Å². The molecule has 0 atom stereocenters. The molecule has 0 aliphatic rings. The highest BCUT2D eigenvalue weighted by Gasteiger charge is 2.07. The summed E-state index contributed by atoms with van der Waals surface area (Å²) in [4.78, 5) is 10.6. The molecule has 0 radical (unpaired) electrons. The van der Waals surface area contributed by atoms with Crippen LogP contribution < -0.4 is 0 Å². The summed E-state index contributed by atoms with van der Waals surface area (Å²) in [7, 11) is 0. The molecule has 0 aromatic carbocycles. The second kappa shape index (κ2) is 5.89. The van der Waals surface area contributed by atoms with Crippen molar-refractivity contribution in [1.29, 1.82) is 0 Å². The van der Waals surface area contributed by atoms with Crippen molar-refractivity contribution < 1.29 is 13.9 Å². The Bertz CT molecular complexity index is 152. The van der Waals surface area contributed by atoms with Gasteiger partial charge >= 0.3 is 5.97 Å². The topological polar surface area (TPSA) is 26.3 Å². The second-order valence-electron chi connectivity index (χ2n) is 2.06. The summed E-state index contributed by atoms with van der Waals surface area (Å²) in [6.45, 7) is 3.77. The number of ether oxygens (including phenoxy) is 1. The van der Waals surface area contributed by atoms with Crippen LogP contribution in [0.25, 0.3) is 0 Å². The van der Waals surface area contributed by atoms with E-state index in [1.807, 2.05) is 6.92 Å². The lowest BCUT2D eigenvalue weighted by molar-refractivity contribution is -0.140. The Balaban J connectivity index is 3.80. The fourth-order valence-corrected chi connectivity index (χ4v) is 0.554. The number of rotatable bonds is 4. The van der Waals surface area contributed by atoms with Crippen molar-refractivity contribution in [2.45, 2.75) is 26.7 Å². The number of hydrogen-bond donors (Lipinski definition) is 0. The number of halogens is 1. The molecule has 0 aliphatic heterocycles. The van der Waals surface area contributed by atoms with Gasteiger partial charge in [0, 0.05) is 0 Å². The number of allylic oxidation sites excluding steroid dienone is 1. The van der Waals surface area contributed by atoms with E-state index in [-0.39, 0.29) is 6.61 Å². The van der Waals surface area contributed by atoms with E-state index < -0.39 is 11.8 Å². The lowest BCUT2D eigenvalue weighted by Gasteiger charge is -1.96. The quantitative estimate of drug-likeness (QED) is 0.465. The molecule has 0 rings (SSSR count). The van der Waals surface area contributed by atoms with Crippen molar-refractivity contribution in [3.8, 4) is 0 Å². The van der Waals surface area contributed by atoms with Gasteiger partial charge in [-0.25, -0.2) is 4.79 Å². The molecule has 64 valence electrons. The summed E-state index contributed by atoms with van der Waals surface area (Å²) in [6, 6.07) is 0. The monoisotopic (exact) mass is 160 g/mol. The Labute approximate surface area is 66.0 Å². The highest BCUT2D eigenvalue weighted by molar-refractivity contribution is 5.85. The maximum atomic E-state index is 12.6. The minimum absolute atomic E-state index is 0.215. The predicted molar refractivity (Wildman–Crippen MR) is 40.7 cm³/mol. The smallest absolute Gasteiger partial charge is 0.366 e. The molecule has 11 heavy (non-hydrogen) atoms. The minimum Gasteiger partial charge on any atom is -0.461 e. The van der Waals surface area contributed by atoms with Crippen LogP contribution in [-0.2, 0) is 9.53 Å². The highest BCUT2D eigenvalue weighted by atomic mass is 19.1. The van der Waals surface area contributed by atoms with E-state index >= 15 is 0 Å². The standard InChI is InChI=1S/C8H13FO2/c1-3-5-6-7(9)8(10)11-4-2/h6H,3-5H2,1-2H3/b7-6-. The molecule has 2 nitrogen and oxygen atoms in total. The van der Waals surface area contributed by atoms with Gasteiger partial charge in [-0.2, -0.15) is 4.39 Å². The van der Waals surface area contributed by atoms with Crippen LogP contribution in [0.15, 0.2) is 11.9 Å². The van der Waals surface area contributed by atoms with E-state index in [1.165, 1.54) is 6.08 Å². The van der Waals surface area contributed by atoms with Gasteiger partial charge in [-0.3, -0.25) is 0 Å². The van der Waals surface area contributed by atoms with Crippen molar-refractivity contribution in [2.75, 3.05) is 6.61 Å². The molecule has 0 aromatic heterocycles. The molecule has 0 bridgehead atoms. The Morgan fingerprint density at radius 1 is 1.55 bits per heavy atom. The van der Waals surface area contributed by atoms with Gasteiger partial charge in [-0.15, -0.1) is 0 Å².